The Labute approximate surface area is 161 Å². The average Bonchev–Trinajstić information content (AvgIpc) is 2.46. The highest BCUT2D eigenvalue weighted by molar-refractivity contribution is 6.70. The number of ether oxygens (including phenoxy) is 1. The predicted octanol–water partition coefficient (Wildman–Crippen LogP) is 4.82. The van der Waals surface area contributed by atoms with E-state index in [1.54, 1.807) is 0 Å². The van der Waals surface area contributed by atoms with Gasteiger partial charge in [0.1, 0.15) is 6.10 Å². The van der Waals surface area contributed by atoms with E-state index in [9.17, 15) is 4.79 Å². The van der Waals surface area contributed by atoms with Gasteiger partial charge in [-0.05, 0) is 95.6 Å². The molecule has 4 fully saturated rings. The quantitative estimate of drug-likeness (QED) is 0.434. The van der Waals surface area contributed by atoms with Crippen molar-refractivity contribution in [2.75, 3.05) is 13.2 Å². The van der Waals surface area contributed by atoms with Gasteiger partial charge in [-0.15, -0.1) is 0 Å². The molecule has 4 rings (SSSR count). The second kappa shape index (κ2) is 7.34. The van der Waals surface area contributed by atoms with Gasteiger partial charge in [-0.1, -0.05) is 0 Å². The van der Waals surface area contributed by atoms with E-state index < -0.39 is 16.6 Å². The fraction of sp³-hybridized carbons (Fsp3) is 0.950. The van der Waals surface area contributed by atoms with E-state index in [1.165, 1.54) is 19.3 Å². The van der Waals surface area contributed by atoms with Gasteiger partial charge < -0.3 is 13.6 Å². The largest absolute Gasteiger partial charge is 0.457 e. The van der Waals surface area contributed by atoms with Gasteiger partial charge in [0.15, 0.2) is 16.6 Å². The third kappa shape index (κ3) is 5.21. The molecule has 0 N–H and O–H groups in total. The molecule has 0 spiro atoms. The van der Waals surface area contributed by atoms with Crippen LogP contribution in [0.1, 0.15) is 38.5 Å². The molecule has 0 aromatic carbocycles. The summed E-state index contributed by atoms with van der Waals surface area (Å²) in [5, 5.41) is 0. The van der Waals surface area contributed by atoms with Crippen LogP contribution in [0, 0.1) is 23.2 Å². The van der Waals surface area contributed by atoms with Crippen LogP contribution in [0.3, 0.4) is 0 Å². The maximum Gasteiger partial charge on any atom is 0.312 e. The number of carbonyl (C=O) groups excluding carboxylic acids is 1. The number of esters is 1. The van der Waals surface area contributed by atoms with Crippen molar-refractivity contribution in [2.45, 2.75) is 83.9 Å². The van der Waals surface area contributed by atoms with Crippen LogP contribution in [-0.4, -0.2) is 41.9 Å². The van der Waals surface area contributed by atoms with Crippen LogP contribution in [-0.2, 0) is 18.4 Å². The van der Waals surface area contributed by atoms with Crippen molar-refractivity contribution in [3.63, 3.8) is 0 Å². The standard InChI is InChI=1S/C20H38O4Si2/c1-25(2,3)22-13-18(14-23-26(4,5)6)24-19(21)20-10-15-7-16(11-20)9-17(8-15)12-20/h15-18H,7-14H2,1-6H3. The summed E-state index contributed by atoms with van der Waals surface area (Å²) in [7, 11) is -3.30. The highest BCUT2D eigenvalue weighted by atomic mass is 28.4. The lowest BCUT2D eigenvalue weighted by Gasteiger charge is -2.55. The summed E-state index contributed by atoms with van der Waals surface area (Å²) in [6, 6.07) is 0. The van der Waals surface area contributed by atoms with Crippen molar-refractivity contribution < 1.29 is 18.4 Å². The highest BCUT2D eigenvalue weighted by Gasteiger charge is 2.55. The van der Waals surface area contributed by atoms with Crippen molar-refractivity contribution >= 4 is 22.6 Å². The fourth-order valence-electron chi connectivity index (χ4n) is 5.44. The zero-order valence-corrected chi connectivity index (χ0v) is 19.6. The zero-order valence-electron chi connectivity index (χ0n) is 17.6. The van der Waals surface area contributed by atoms with E-state index in [1.807, 2.05) is 0 Å². The zero-order chi connectivity index (χ0) is 19.2. The van der Waals surface area contributed by atoms with Gasteiger partial charge in [-0.2, -0.15) is 0 Å². The molecule has 4 bridgehead atoms. The second-order valence-corrected chi connectivity index (χ2v) is 20.1. The van der Waals surface area contributed by atoms with Gasteiger partial charge in [0, 0.05) is 0 Å². The number of hydrogen-bond donors (Lipinski definition) is 0. The summed E-state index contributed by atoms with van der Waals surface area (Å²) < 4.78 is 18.2. The van der Waals surface area contributed by atoms with E-state index in [0.29, 0.717) is 13.2 Å². The van der Waals surface area contributed by atoms with Crippen molar-refractivity contribution in [3.05, 3.63) is 0 Å². The normalized spacial score (nSPS) is 33.7. The van der Waals surface area contributed by atoms with Crippen LogP contribution < -0.4 is 0 Å². The lowest BCUT2D eigenvalue weighted by molar-refractivity contribution is -0.180. The molecule has 0 unspecified atom stereocenters. The molecule has 6 heteroatoms. The summed E-state index contributed by atoms with van der Waals surface area (Å²) in [5.41, 5.74) is -0.203. The van der Waals surface area contributed by atoms with Crippen LogP contribution in [0.5, 0.6) is 0 Å². The smallest absolute Gasteiger partial charge is 0.312 e. The number of hydrogen-bond acceptors (Lipinski definition) is 4. The summed E-state index contributed by atoms with van der Waals surface area (Å²) in [4.78, 5) is 13.2. The van der Waals surface area contributed by atoms with Crippen molar-refractivity contribution in [1.29, 1.82) is 0 Å². The Morgan fingerprint density at radius 3 is 1.58 bits per heavy atom. The topological polar surface area (TPSA) is 44.8 Å². The molecule has 0 saturated heterocycles. The Bertz CT molecular complexity index is 468. The SMILES string of the molecule is C[Si](C)(C)OCC(CO[Si](C)(C)C)OC(=O)C12CC3CC(CC(C3)C1)C2. The van der Waals surface area contributed by atoms with Crippen LogP contribution in [0.15, 0.2) is 0 Å². The first-order chi connectivity index (χ1) is 11.9. The first-order valence-electron chi connectivity index (χ1n) is 10.4. The lowest BCUT2D eigenvalue weighted by atomic mass is 9.49. The van der Waals surface area contributed by atoms with Gasteiger partial charge in [0.05, 0.1) is 18.6 Å². The minimum Gasteiger partial charge on any atom is -0.457 e. The van der Waals surface area contributed by atoms with Gasteiger partial charge in [-0.25, -0.2) is 0 Å². The monoisotopic (exact) mass is 398 g/mol. The van der Waals surface area contributed by atoms with Gasteiger partial charge >= 0.3 is 5.97 Å². The van der Waals surface area contributed by atoms with Gasteiger partial charge in [0.25, 0.3) is 0 Å². The molecule has 0 aromatic rings. The molecular weight excluding hydrogens is 360 g/mol. The third-order valence-electron chi connectivity index (χ3n) is 6.15. The van der Waals surface area contributed by atoms with Gasteiger partial charge in [-0.3, -0.25) is 4.79 Å². The molecule has 150 valence electrons. The van der Waals surface area contributed by atoms with Crippen molar-refractivity contribution in [2.24, 2.45) is 23.2 Å². The molecule has 0 amide bonds. The van der Waals surface area contributed by atoms with Crippen molar-refractivity contribution in [1.82, 2.24) is 0 Å². The van der Waals surface area contributed by atoms with E-state index in [-0.39, 0.29) is 17.5 Å². The van der Waals surface area contributed by atoms with Crippen LogP contribution >= 0.6 is 0 Å². The molecule has 4 aliphatic rings. The number of rotatable bonds is 8. The molecule has 0 aliphatic heterocycles. The molecular formula is C20H38O4Si2. The number of carbonyl (C=O) groups is 1. The predicted molar refractivity (Wildman–Crippen MR) is 109 cm³/mol. The Morgan fingerprint density at radius 1 is 0.846 bits per heavy atom. The summed E-state index contributed by atoms with van der Waals surface area (Å²) in [6.07, 6.45) is 6.90. The van der Waals surface area contributed by atoms with E-state index >= 15 is 0 Å². The van der Waals surface area contributed by atoms with E-state index in [0.717, 1.165) is 37.0 Å². The summed E-state index contributed by atoms with van der Waals surface area (Å²) in [5.74, 6) is 2.30. The Hall–Kier alpha value is -0.176. The third-order valence-corrected chi connectivity index (χ3v) is 8.21. The molecule has 0 atom stereocenters. The summed E-state index contributed by atoms with van der Waals surface area (Å²) in [6.45, 7) is 14.0. The summed E-state index contributed by atoms with van der Waals surface area (Å²) >= 11 is 0. The average molecular weight is 399 g/mol. The molecule has 0 heterocycles. The fourth-order valence-corrected chi connectivity index (χ4v) is 6.81. The second-order valence-electron chi connectivity index (χ2n) is 11.1. The first-order valence-corrected chi connectivity index (χ1v) is 17.2. The molecule has 0 aromatic heterocycles. The maximum absolute atomic E-state index is 13.2. The molecule has 26 heavy (non-hydrogen) atoms. The first kappa shape index (κ1) is 20.6. The Morgan fingerprint density at radius 2 is 1.23 bits per heavy atom. The molecule has 4 aliphatic carbocycles. The minimum absolute atomic E-state index is 0.0416. The minimum atomic E-state index is -1.65. The highest BCUT2D eigenvalue weighted by Crippen LogP contribution is 2.60. The van der Waals surface area contributed by atoms with Crippen LogP contribution in [0.25, 0.3) is 0 Å². The molecule has 0 radical (unpaired) electrons. The van der Waals surface area contributed by atoms with Crippen LogP contribution in [0.4, 0.5) is 0 Å². The van der Waals surface area contributed by atoms with Gasteiger partial charge in [0.2, 0.25) is 0 Å². The lowest BCUT2D eigenvalue weighted by Crippen LogP contribution is -2.52. The molecule has 4 nitrogen and oxygen atoms in total. The van der Waals surface area contributed by atoms with Crippen LogP contribution in [0.2, 0.25) is 39.3 Å². The van der Waals surface area contributed by atoms with Crippen molar-refractivity contribution in [3.8, 4) is 0 Å². The Balaban J connectivity index is 1.64. The van der Waals surface area contributed by atoms with E-state index in [4.69, 9.17) is 13.6 Å². The van der Waals surface area contributed by atoms with E-state index in [2.05, 4.69) is 39.3 Å². The maximum atomic E-state index is 13.2. The Kier molecular flexibility index (Phi) is 5.80. The molecule has 4 saturated carbocycles.